The average Bonchev–Trinajstić information content (AvgIpc) is 3.21. The summed E-state index contributed by atoms with van der Waals surface area (Å²) in [4.78, 5) is 14.0. The first-order chi connectivity index (χ1) is 15.7. The van der Waals surface area contributed by atoms with Gasteiger partial charge in [0.1, 0.15) is 16.8 Å². The first-order valence-corrected chi connectivity index (χ1v) is 11.2. The van der Waals surface area contributed by atoms with Crippen LogP contribution in [0.15, 0.2) is 66.7 Å². The minimum absolute atomic E-state index is 0.0677. The molecule has 0 aliphatic rings. The molecule has 0 aliphatic heterocycles. The lowest BCUT2D eigenvalue weighted by Crippen LogP contribution is -2.20. The normalized spacial score (nSPS) is 11.7. The molecule has 170 valence electrons. The molecule has 0 aliphatic carbocycles. The largest absolute Gasteiger partial charge is 0.484 e. The van der Waals surface area contributed by atoms with Crippen LogP contribution < -0.4 is 10.1 Å². The number of hydrogen-bond donors (Lipinski definition) is 1. The van der Waals surface area contributed by atoms with Crippen molar-refractivity contribution in [2.45, 2.75) is 46.0 Å². The summed E-state index contributed by atoms with van der Waals surface area (Å²) < 4.78 is 5.64. The van der Waals surface area contributed by atoms with Gasteiger partial charge in [-0.3, -0.25) is 4.79 Å². The maximum atomic E-state index is 12.4. The standard InChI is InChI=1S/C27H30N4O2/c1-18(2)19-6-11-22(12-7-19)31-29-24-15-10-21(16-25(24)30-31)28-26(32)17-33-23-13-8-20(9-14-23)27(3,4)5/h6-16,18H,17H2,1-5H3,(H,28,32). The molecule has 6 nitrogen and oxygen atoms in total. The van der Waals surface area contributed by atoms with Crippen molar-refractivity contribution in [2.24, 2.45) is 0 Å². The van der Waals surface area contributed by atoms with Crippen molar-refractivity contribution in [1.82, 2.24) is 15.0 Å². The fraction of sp³-hybridized carbons (Fsp3) is 0.296. The smallest absolute Gasteiger partial charge is 0.262 e. The van der Waals surface area contributed by atoms with E-state index in [1.807, 2.05) is 54.6 Å². The fourth-order valence-electron chi connectivity index (χ4n) is 3.50. The number of aromatic nitrogens is 3. The molecule has 4 aromatic rings. The number of hydrogen-bond acceptors (Lipinski definition) is 4. The summed E-state index contributed by atoms with van der Waals surface area (Å²) >= 11 is 0. The van der Waals surface area contributed by atoms with Crippen LogP contribution in [0.3, 0.4) is 0 Å². The first kappa shape index (κ1) is 22.5. The second kappa shape index (κ2) is 9.06. The van der Waals surface area contributed by atoms with Gasteiger partial charge in [0.2, 0.25) is 0 Å². The topological polar surface area (TPSA) is 69.0 Å². The molecule has 0 spiro atoms. The summed E-state index contributed by atoms with van der Waals surface area (Å²) in [7, 11) is 0. The van der Waals surface area contributed by atoms with Crippen molar-refractivity contribution in [2.75, 3.05) is 11.9 Å². The molecule has 1 aromatic heterocycles. The Hall–Kier alpha value is -3.67. The summed E-state index contributed by atoms with van der Waals surface area (Å²) in [6, 6.07) is 21.6. The van der Waals surface area contributed by atoms with Crippen molar-refractivity contribution in [1.29, 1.82) is 0 Å². The number of anilines is 1. The quantitative estimate of drug-likeness (QED) is 0.406. The molecule has 6 heteroatoms. The zero-order chi connectivity index (χ0) is 23.6. The SMILES string of the molecule is CC(C)c1ccc(-n2nc3ccc(NC(=O)COc4ccc(C(C)(C)C)cc4)cc3n2)cc1. The van der Waals surface area contributed by atoms with Crippen LogP contribution in [0.25, 0.3) is 16.7 Å². The predicted molar refractivity (Wildman–Crippen MR) is 132 cm³/mol. The van der Waals surface area contributed by atoms with E-state index in [-0.39, 0.29) is 17.9 Å². The minimum Gasteiger partial charge on any atom is -0.484 e. The van der Waals surface area contributed by atoms with Gasteiger partial charge in [-0.1, -0.05) is 58.9 Å². The molecule has 0 atom stereocenters. The molecule has 1 amide bonds. The van der Waals surface area contributed by atoms with Crippen molar-refractivity contribution < 1.29 is 9.53 Å². The maximum absolute atomic E-state index is 12.4. The molecule has 1 heterocycles. The zero-order valence-electron chi connectivity index (χ0n) is 19.8. The second-order valence-electron chi connectivity index (χ2n) is 9.55. The van der Waals surface area contributed by atoms with Crippen LogP contribution in [0.4, 0.5) is 5.69 Å². The molecule has 0 saturated heterocycles. The van der Waals surface area contributed by atoms with Gasteiger partial charge in [0.05, 0.1) is 5.69 Å². The van der Waals surface area contributed by atoms with Crippen LogP contribution in [0.5, 0.6) is 5.75 Å². The Morgan fingerprint density at radius 3 is 2.24 bits per heavy atom. The van der Waals surface area contributed by atoms with E-state index in [4.69, 9.17) is 4.74 Å². The highest BCUT2D eigenvalue weighted by Crippen LogP contribution is 2.24. The molecule has 3 aromatic carbocycles. The lowest BCUT2D eigenvalue weighted by atomic mass is 9.87. The van der Waals surface area contributed by atoms with Gasteiger partial charge >= 0.3 is 0 Å². The Kier molecular flexibility index (Phi) is 6.18. The van der Waals surface area contributed by atoms with E-state index in [1.54, 1.807) is 4.80 Å². The van der Waals surface area contributed by atoms with Crippen molar-refractivity contribution in [3.8, 4) is 11.4 Å². The van der Waals surface area contributed by atoms with Crippen molar-refractivity contribution in [3.05, 3.63) is 77.9 Å². The second-order valence-corrected chi connectivity index (χ2v) is 9.55. The Bertz CT molecular complexity index is 1250. The van der Waals surface area contributed by atoms with E-state index in [1.165, 1.54) is 11.1 Å². The van der Waals surface area contributed by atoms with Crippen LogP contribution in [0.1, 0.15) is 51.7 Å². The number of nitrogens with zero attached hydrogens (tertiary/aromatic N) is 3. The van der Waals surface area contributed by atoms with Crippen molar-refractivity contribution in [3.63, 3.8) is 0 Å². The Morgan fingerprint density at radius 2 is 1.61 bits per heavy atom. The molecular formula is C27H30N4O2. The van der Waals surface area contributed by atoms with Gasteiger partial charge in [-0.25, -0.2) is 0 Å². The number of amides is 1. The summed E-state index contributed by atoms with van der Waals surface area (Å²) in [6.45, 7) is 10.7. The highest BCUT2D eigenvalue weighted by molar-refractivity contribution is 5.93. The monoisotopic (exact) mass is 442 g/mol. The summed E-state index contributed by atoms with van der Waals surface area (Å²) in [5.74, 6) is 0.910. The lowest BCUT2D eigenvalue weighted by Gasteiger charge is -2.19. The van der Waals surface area contributed by atoms with Gasteiger partial charge in [0.15, 0.2) is 6.61 Å². The van der Waals surface area contributed by atoms with E-state index < -0.39 is 0 Å². The van der Waals surface area contributed by atoms with Crippen LogP contribution in [-0.4, -0.2) is 27.5 Å². The van der Waals surface area contributed by atoms with Crippen LogP contribution in [0.2, 0.25) is 0 Å². The highest BCUT2D eigenvalue weighted by Gasteiger charge is 2.13. The van der Waals surface area contributed by atoms with Gasteiger partial charge in [-0.15, -0.1) is 10.2 Å². The summed E-state index contributed by atoms with van der Waals surface area (Å²) in [5, 5.41) is 12.0. The highest BCUT2D eigenvalue weighted by atomic mass is 16.5. The Morgan fingerprint density at radius 1 is 0.939 bits per heavy atom. The van der Waals surface area contributed by atoms with Crippen LogP contribution >= 0.6 is 0 Å². The molecule has 0 saturated carbocycles. The van der Waals surface area contributed by atoms with E-state index in [9.17, 15) is 4.79 Å². The molecule has 0 radical (unpaired) electrons. The summed E-state index contributed by atoms with van der Waals surface area (Å²) in [6.07, 6.45) is 0. The molecule has 0 bridgehead atoms. The molecule has 1 N–H and O–H groups in total. The van der Waals surface area contributed by atoms with Gasteiger partial charge < -0.3 is 10.1 Å². The number of carbonyl (C=O) groups excluding carboxylic acids is 1. The van der Waals surface area contributed by atoms with E-state index in [0.717, 1.165) is 11.2 Å². The van der Waals surface area contributed by atoms with E-state index >= 15 is 0 Å². The average molecular weight is 443 g/mol. The lowest BCUT2D eigenvalue weighted by molar-refractivity contribution is -0.118. The third-order valence-electron chi connectivity index (χ3n) is 5.55. The third-order valence-corrected chi connectivity index (χ3v) is 5.55. The number of benzene rings is 3. The minimum atomic E-state index is -0.231. The molecule has 33 heavy (non-hydrogen) atoms. The zero-order valence-corrected chi connectivity index (χ0v) is 19.8. The molecule has 4 rings (SSSR count). The van der Waals surface area contributed by atoms with Gasteiger partial charge in [0, 0.05) is 5.69 Å². The van der Waals surface area contributed by atoms with Gasteiger partial charge in [0.25, 0.3) is 5.91 Å². The van der Waals surface area contributed by atoms with Crippen LogP contribution in [-0.2, 0) is 10.2 Å². The first-order valence-electron chi connectivity index (χ1n) is 11.2. The van der Waals surface area contributed by atoms with E-state index in [2.05, 4.69) is 62.3 Å². The van der Waals surface area contributed by atoms with E-state index in [0.29, 0.717) is 22.9 Å². The maximum Gasteiger partial charge on any atom is 0.262 e. The van der Waals surface area contributed by atoms with Crippen molar-refractivity contribution >= 4 is 22.6 Å². The van der Waals surface area contributed by atoms with Gasteiger partial charge in [-0.2, -0.15) is 4.80 Å². The number of fused-ring (bicyclic) bond motifs is 1. The number of rotatable bonds is 6. The molecule has 0 unspecified atom stereocenters. The molecule has 0 fully saturated rings. The Balaban J connectivity index is 1.40. The summed E-state index contributed by atoms with van der Waals surface area (Å²) in [5.41, 5.74) is 5.59. The third kappa shape index (κ3) is 5.40. The number of nitrogens with one attached hydrogen (secondary N) is 1. The predicted octanol–water partition coefficient (Wildman–Crippen LogP) is 5.86. The Labute approximate surface area is 194 Å². The molecular weight excluding hydrogens is 412 g/mol. The fourth-order valence-corrected chi connectivity index (χ4v) is 3.50. The number of carbonyl (C=O) groups is 1. The van der Waals surface area contributed by atoms with Crippen LogP contribution in [0, 0.1) is 0 Å². The number of ether oxygens (including phenoxy) is 1. The van der Waals surface area contributed by atoms with Gasteiger partial charge in [-0.05, 0) is 64.9 Å².